The molecule has 0 aromatic carbocycles. The Kier molecular flexibility index (Phi) is 5.31. The maximum atomic E-state index is 5.17. The summed E-state index contributed by atoms with van der Waals surface area (Å²) in [6.07, 6.45) is 15.1. The Balaban J connectivity index is 1.38. The molecule has 6 heterocycles. The van der Waals surface area contributed by atoms with E-state index in [-0.39, 0.29) is 0 Å². The number of H-pyrrole nitrogens is 1. The van der Waals surface area contributed by atoms with E-state index in [1.807, 2.05) is 43.0 Å². The minimum atomic E-state index is 0.382. The van der Waals surface area contributed by atoms with Gasteiger partial charge in [-0.3, -0.25) is 9.97 Å². The van der Waals surface area contributed by atoms with E-state index in [4.69, 9.17) is 9.97 Å². The smallest absolute Gasteiger partial charge is 0.163 e. The summed E-state index contributed by atoms with van der Waals surface area (Å²) in [4.78, 5) is 27.1. The van der Waals surface area contributed by atoms with Gasteiger partial charge in [-0.1, -0.05) is 0 Å². The lowest BCUT2D eigenvalue weighted by Crippen LogP contribution is -2.22. The van der Waals surface area contributed by atoms with E-state index in [2.05, 4.69) is 36.6 Å². The molecule has 0 bridgehead atoms. The molecular weight excluding hydrogens is 448 g/mol. The minimum Gasteiger partial charge on any atom is -0.367 e. The Morgan fingerprint density at radius 3 is 2.78 bits per heavy atom. The highest BCUT2D eigenvalue weighted by Gasteiger charge is 2.28. The van der Waals surface area contributed by atoms with Gasteiger partial charge >= 0.3 is 0 Å². The van der Waals surface area contributed by atoms with Crippen LogP contribution in [0.1, 0.15) is 43.6 Å². The molecule has 1 atom stereocenters. The molecule has 5 aromatic rings. The lowest BCUT2D eigenvalue weighted by atomic mass is 10.1. The highest BCUT2D eigenvalue weighted by molar-refractivity contribution is 5.98. The average Bonchev–Trinajstić information content (AvgIpc) is 3.72. The highest BCUT2D eigenvalue weighted by atomic mass is 15.1. The fourth-order valence-corrected chi connectivity index (χ4v) is 5.29. The Labute approximate surface area is 209 Å². The second-order valence-corrected chi connectivity index (χ2v) is 9.86. The standard InChI is InChI=1S/C28H28N8/c1-3-18(14-30-10-1)23-13-21-20(8-12-32-26(21)34-23)27-35-24-16-31-15-22(17-5-6-17)25(24)28(36-27)33-19-4-2-9-29-11-7-19/h1,3,8,10,12-17,19,29H,2,4-7,9,11H2,(H,32,34)(H,33,35,36)/t19-/m0/s1. The molecule has 1 aliphatic carbocycles. The molecular formula is C28H28N8. The van der Waals surface area contributed by atoms with Crippen LogP contribution in [0.3, 0.4) is 0 Å². The summed E-state index contributed by atoms with van der Waals surface area (Å²) in [5, 5.41) is 9.46. The number of anilines is 1. The summed E-state index contributed by atoms with van der Waals surface area (Å²) in [7, 11) is 0. The van der Waals surface area contributed by atoms with Crippen LogP contribution in [-0.4, -0.2) is 49.0 Å². The van der Waals surface area contributed by atoms with E-state index < -0.39 is 0 Å². The van der Waals surface area contributed by atoms with Crippen LogP contribution in [0, 0.1) is 0 Å². The van der Waals surface area contributed by atoms with Gasteiger partial charge in [-0.2, -0.15) is 0 Å². The van der Waals surface area contributed by atoms with Gasteiger partial charge in [0.25, 0.3) is 0 Å². The summed E-state index contributed by atoms with van der Waals surface area (Å²) < 4.78 is 0. The van der Waals surface area contributed by atoms with Gasteiger partial charge in [-0.25, -0.2) is 15.0 Å². The third kappa shape index (κ3) is 3.97. The molecule has 7 rings (SSSR count). The molecule has 180 valence electrons. The molecule has 8 nitrogen and oxygen atoms in total. The average molecular weight is 477 g/mol. The van der Waals surface area contributed by atoms with Gasteiger partial charge in [0.2, 0.25) is 0 Å². The number of fused-ring (bicyclic) bond motifs is 2. The third-order valence-electron chi connectivity index (χ3n) is 7.32. The number of pyridine rings is 3. The molecule has 8 heteroatoms. The van der Waals surface area contributed by atoms with Crippen LogP contribution in [0.25, 0.3) is 44.6 Å². The Morgan fingerprint density at radius 1 is 0.917 bits per heavy atom. The van der Waals surface area contributed by atoms with Crippen LogP contribution in [0.15, 0.2) is 55.2 Å². The molecule has 0 spiro atoms. The van der Waals surface area contributed by atoms with Gasteiger partial charge < -0.3 is 15.6 Å². The number of nitrogens with zero attached hydrogens (tertiary/aromatic N) is 5. The topological polar surface area (TPSA) is 104 Å². The fraction of sp³-hybridized carbons (Fsp3) is 0.321. The lowest BCUT2D eigenvalue weighted by Gasteiger charge is -2.20. The summed E-state index contributed by atoms with van der Waals surface area (Å²) in [5.41, 5.74) is 5.92. The molecule has 0 amide bonds. The second kappa shape index (κ2) is 8.95. The molecule has 1 saturated heterocycles. The molecule has 3 N–H and O–H groups in total. The van der Waals surface area contributed by atoms with Crippen molar-refractivity contribution in [1.82, 2.24) is 35.2 Å². The molecule has 1 aliphatic heterocycles. The quantitative estimate of drug-likeness (QED) is 0.326. The predicted molar refractivity (Wildman–Crippen MR) is 142 cm³/mol. The second-order valence-electron chi connectivity index (χ2n) is 9.86. The zero-order valence-corrected chi connectivity index (χ0v) is 20.0. The van der Waals surface area contributed by atoms with Crippen molar-refractivity contribution in [3.63, 3.8) is 0 Å². The summed E-state index contributed by atoms with van der Waals surface area (Å²) >= 11 is 0. The maximum Gasteiger partial charge on any atom is 0.163 e. The fourth-order valence-electron chi connectivity index (χ4n) is 5.29. The van der Waals surface area contributed by atoms with Crippen molar-refractivity contribution in [2.75, 3.05) is 18.4 Å². The monoisotopic (exact) mass is 476 g/mol. The van der Waals surface area contributed by atoms with Gasteiger partial charge in [0.05, 0.1) is 11.7 Å². The van der Waals surface area contributed by atoms with Crippen molar-refractivity contribution in [3.05, 3.63) is 60.8 Å². The van der Waals surface area contributed by atoms with Crippen LogP contribution in [0.4, 0.5) is 5.82 Å². The van der Waals surface area contributed by atoms with Crippen LogP contribution < -0.4 is 10.6 Å². The molecule has 5 aromatic heterocycles. The summed E-state index contributed by atoms with van der Waals surface area (Å²) in [6.45, 7) is 2.10. The van der Waals surface area contributed by atoms with Gasteiger partial charge in [0.1, 0.15) is 11.5 Å². The van der Waals surface area contributed by atoms with Crippen molar-refractivity contribution in [3.8, 4) is 22.6 Å². The molecule has 2 fully saturated rings. The van der Waals surface area contributed by atoms with Crippen molar-refractivity contribution < 1.29 is 0 Å². The first-order valence-corrected chi connectivity index (χ1v) is 12.8. The third-order valence-corrected chi connectivity index (χ3v) is 7.32. The van der Waals surface area contributed by atoms with E-state index in [1.54, 1.807) is 6.20 Å². The Bertz CT molecular complexity index is 1530. The number of hydrogen-bond acceptors (Lipinski definition) is 7. The first-order chi connectivity index (χ1) is 17.8. The Hall–Kier alpha value is -3.91. The van der Waals surface area contributed by atoms with Crippen LogP contribution in [-0.2, 0) is 0 Å². The predicted octanol–water partition coefficient (Wildman–Crippen LogP) is 5.06. The summed E-state index contributed by atoms with van der Waals surface area (Å²) in [5.74, 6) is 2.18. The number of hydrogen-bond donors (Lipinski definition) is 3. The van der Waals surface area contributed by atoms with Gasteiger partial charge in [-0.05, 0) is 80.9 Å². The van der Waals surface area contributed by atoms with Crippen molar-refractivity contribution in [1.29, 1.82) is 0 Å². The largest absolute Gasteiger partial charge is 0.367 e. The van der Waals surface area contributed by atoms with Crippen molar-refractivity contribution >= 4 is 27.8 Å². The molecule has 0 radical (unpaired) electrons. The molecule has 2 aliphatic rings. The maximum absolute atomic E-state index is 5.17. The zero-order chi connectivity index (χ0) is 23.9. The number of rotatable bonds is 5. The number of aromatic amines is 1. The van der Waals surface area contributed by atoms with Crippen LogP contribution >= 0.6 is 0 Å². The zero-order valence-electron chi connectivity index (χ0n) is 20.0. The number of aromatic nitrogens is 6. The van der Waals surface area contributed by atoms with Crippen LogP contribution in [0.2, 0.25) is 0 Å². The normalized spacial score (nSPS) is 18.4. The van der Waals surface area contributed by atoms with Crippen molar-refractivity contribution in [2.24, 2.45) is 0 Å². The first-order valence-electron chi connectivity index (χ1n) is 12.8. The van der Waals surface area contributed by atoms with E-state index >= 15 is 0 Å². The minimum absolute atomic E-state index is 0.382. The van der Waals surface area contributed by atoms with E-state index in [1.165, 1.54) is 18.4 Å². The van der Waals surface area contributed by atoms with E-state index in [0.29, 0.717) is 17.8 Å². The lowest BCUT2D eigenvalue weighted by molar-refractivity contribution is 0.635. The highest BCUT2D eigenvalue weighted by Crippen LogP contribution is 2.44. The first kappa shape index (κ1) is 21.4. The SMILES string of the molecule is c1cncc(-c2cc3c(-c4nc(N[C@H]5CCCNCC5)c5c(C6CC6)cncc5n4)ccnc3[nH]2)c1. The van der Waals surface area contributed by atoms with Gasteiger partial charge in [0, 0.05) is 58.4 Å². The van der Waals surface area contributed by atoms with Gasteiger partial charge in [0.15, 0.2) is 5.82 Å². The number of nitrogens with one attached hydrogen (secondary N) is 3. The van der Waals surface area contributed by atoms with Gasteiger partial charge in [-0.15, -0.1) is 0 Å². The summed E-state index contributed by atoms with van der Waals surface area (Å²) in [6, 6.07) is 8.48. The molecule has 36 heavy (non-hydrogen) atoms. The van der Waals surface area contributed by atoms with E-state index in [0.717, 1.165) is 76.9 Å². The Morgan fingerprint density at radius 2 is 1.89 bits per heavy atom. The molecule has 1 saturated carbocycles. The molecule has 0 unspecified atom stereocenters. The van der Waals surface area contributed by atoms with Crippen molar-refractivity contribution in [2.45, 2.75) is 44.1 Å². The van der Waals surface area contributed by atoms with E-state index in [9.17, 15) is 0 Å². The van der Waals surface area contributed by atoms with Crippen LogP contribution in [0.5, 0.6) is 0 Å².